The molecule has 1 heteroatoms. The van der Waals surface area contributed by atoms with Crippen LogP contribution in [0.1, 0.15) is 29.9 Å². The fraction of sp³-hybridized carbons (Fsp3) is 0.200. The Labute approximate surface area is 126 Å². The SMILES string of the molecule is COC1=CCCC(C(c2ccccc2)c2ccccc2)=C1. The highest BCUT2D eigenvalue weighted by Gasteiger charge is 2.20. The minimum atomic E-state index is 0.311. The molecule has 0 spiro atoms. The van der Waals surface area contributed by atoms with E-state index in [9.17, 15) is 0 Å². The van der Waals surface area contributed by atoms with Crippen LogP contribution >= 0.6 is 0 Å². The summed E-state index contributed by atoms with van der Waals surface area (Å²) in [5, 5.41) is 0. The minimum Gasteiger partial charge on any atom is -0.497 e. The third-order valence-electron chi connectivity index (χ3n) is 3.98. The summed E-state index contributed by atoms with van der Waals surface area (Å²) >= 11 is 0. The first-order valence-corrected chi connectivity index (χ1v) is 7.43. The number of allylic oxidation sites excluding steroid dienone is 3. The van der Waals surface area contributed by atoms with Crippen molar-refractivity contribution in [1.82, 2.24) is 0 Å². The Morgan fingerprint density at radius 3 is 1.95 bits per heavy atom. The van der Waals surface area contributed by atoms with Crippen molar-refractivity contribution in [2.75, 3.05) is 7.11 Å². The molecule has 106 valence electrons. The zero-order valence-electron chi connectivity index (χ0n) is 12.3. The molecule has 0 atom stereocenters. The fourth-order valence-electron chi connectivity index (χ4n) is 2.98. The van der Waals surface area contributed by atoms with Gasteiger partial charge in [-0.15, -0.1) is 0 Å². The highest BCUT2D eigenvalue weighted by Crippen LogP contribution is 2.36. The van der Waals surface area contributed by atoms with Gasteiger partial charge in [-0.3, -0.25) is 0 Å². The van der Waals surface area contributed by atoms with E-state index in [1.807, 2.05) is 0 Å². The molecule has 0 bridgehead atoms. The van der Waals surface area contributed by atoms with Crippen LogP contribution in [0.5, 0.6) is 0 Å². The van der Waals surface area contributed by atoms with Gasteiger partial charge in [0, 0.05) is 5.92 Å². The molecule has 0 radical (unpaired) electrons. The molecular formula is C20H20O. The van der Waals surface area contributed by atoms with E-state index in [-0.39, 0.29) is 0 Å². The van der Waals surface area contributed by atoms with Crippen LogP contribution in [0.25, 0.3) is 0 Å². The van der Waals surface area contributed by atoms with Crippen molar-refractivity contribution >= 4 is 0 Å². The monoisotopic (exact) mass is 276 g/mol. The maximum absolute atomic E-state index is 5.43. The van der Waals surface area contributed by atoms with E-state index in [2.05, 4.69) is 72.8 Å². The summed E-state index contributed by atoms with van der Waals surface area (Å²) in [4.78, 5) is 0. The van der Waals surface area contributed by atoms with Crippen molar-refractivity contribution in [1.29, 1.82) is 0 Å². The number of ether oxygens (including phenoxy) is 1. The van der Waals surface area contributed by atoms with Gasteiger partial charge in [0.1, 0.15) is 5.76 Å². The molecular weight excluding hydrogens is 256 g/mol. The molecule has 0 unspecified atom stereocenters. The second-order valence-corrected chi connectivity index (χ2v) is 5.32. The third-order valence-corrected chi connectivity index (χ3v) is 3.98. The summed E-state index contributed by atoms with van der Waals surface area (Å²) in [6.45, 7) is 0. The Balaban J connectivity index is 2.05. The lowest BCUT2D eigenvalue weighted by Gasteiger charge is -2.24. The highest BCUT2D eigenvalue weighted by molar-refractivity contribution is 5.43. The predicted molar refractivity (Wildman–Crippen MR) is 87.1 cm³/mol. The summed E-state index contributed by atoms with van der Waals surface area (Å²) in [5.74, 6) is 1.29. The molecule has 0 N–H and O–H groups in total. The smallest absolute Gasteiger partial charge is 0.114 e. The number of hydrogen-bond acceptors (Lipinski definition) is 1. The Morgan fingerprint density at radius 1 is 0.857 bits per heavy atom. The van der Waals surface area contributed by atoms with E-state index < -0.39 is 0 Å². The lowest BCUT2D eigenvalue weighted by atomic mass is 9.81. The molecule has 0 amide bonds. The number of benzene rings is 2. The van der Waals surface area contributed by atoms with E-state index in [0.717, 1.165) is 18.6 Å². The van der Waals surface area contributed by atoms with Crippen molar-refractivity contribution in [2.45, 2.75) is 18.8 Å². The summed E-state index contributed by atoms with van der Waals surface area (Å²) in [6, 6.07) is 21.4. The van der Waals surface area contributed by atoms with Gasteiger partial charge in [-0.2, -0.15) is 0 Å². The van der Waals surface area contributed by atoms with Gasteiger partial charge in [-0.05, 0) is 36.1 Å². The molecule has 2 aromatic carbocycles. The van der Waals surface area contributed by atoms with Crippen molar-refractivity contribution in [2.24, 2.45) is 0 Å². The largest absolute Gasteiger partial charge is 0.497 e. The first-order chi connectivity index (χ1) is 10.4. The van der Waals surface area contributed by atoms with Crippen molar-refractivity contribution in [3.63, 3.8) is 0 Å². The Hall–Kier alpha value is -2.28. The van der Waals surface area contributed by atoms with Crippen LogP contribution in [0.2, 0.25) is 0 Å². The van der Waals surface area contributed by atoms with E-state index in [1.54, 1.807) is 7.11 Å². The van der Waals surface area contributed by atoms with Gasteiger partial charge in [-0.1, -0.05) is 66.2 Å². The second kappa shape index (κ2) is 6.45. The van der Waals surface area contributed by atoms with E-state index in [4.69, 9.17) is 4.74 Å². The van der Waals surface area contributed by atoms with Crippen LogP contribution in [0, 0.1) is 0 Å². The number of rotatable bonds is 4. The predicted octanol–water partition coefficient (Wildman–Crippen LogP) is 5.07. The van der Waals surface area contributed by atoms with Gasteiger partial charge in [0.05, 0.1) is 7.11 Å². The van der Waals surface area contributed by atoms with Crippen molar-refractivity contribution in [3.8, 4) is 0 Å². The van der Waals surface area contributed by atoms with Crippen LogP contribution < -0.4 is 0 Å². The molecule has 1 aliphatic carbocycles. The average molecular weight is 276 g/mol. The summed E-state index contributed by atoms with van der Waals surface area (Å²) in [6.07, 6.45) is 6.50. The molecule has 0 heterocycles. The highest BCUT2D eigenvalue weighted by atomic mass is 16.5. The van der Waals surface area contributed by atoms with Crippen LogP contribution in [-0.2, 0) is 4.74 Å². The van der Waals surface area contributed by atoms with E-state index in [0.29, 0.717) is 5.92 Å². The van der Waals surface area contributed by atoms with Crippen LogP contribution in [0.3, 0.4) is 0 Å². The lowest BCUT2D eigenvalue weighted by Crippen LogP contribution is -2.08. The standard InChI is InChI=1S/C20H20O/c1-21-19-14-8-13-18(15-19)20(16-9-4-2-5-10-16)17-11-6-3-7-12-17/h2-7,9-12,14-15,20H,8,13H2,1H3. The molecule has 0 saturated carbocycles. The first kappa shape index (κ1) is 13.7. The molecule has 1 nitrogen and oxygen atoms in total. The van der Waals surface area contributed by atoms with Crippen LogP contribution in [-0.4, -0.2) is 7.11 Å². The number of hydrogen-bond donors (Lipinski definition) is 0. The molecule has 3 rings (SSSR count). The third kappa shape index (κ3) is 3.08. The normalized spacial score (nSPS) is 14.6. The van der Waals surface area contributed by atoms with Gasteiger partial charge in [-0.25, -0.2) is 0 Å². The van der Waals surface area contributed by atoms with Crippen LogP contribution in [0.15, 0.2) is 84.1 Å². The average Bonchev–Trinajstić information content (AvgIpc) is 2.57. The topological polar surface area (TPSA) is 9.23 Å². The van der Waals surface area contributed by atoms with Crippen LogP contribution in [0.4, 0.5) is 0 Å². The maximum atomic E-state index is 5.43. The molecule has 21 heavy (non-hydrogen) atoms. The maximum Gasteiger partial charge on any atom is 0.114 e. The van der Waals surface area contributed by atoms with Gasteiger partial charge in [0.15, 0.2) is 0 Å². The quantitative estimate of drug-likeness (QED) is 0.757. The first-order valence-electron chi connectivity index (χ1n) is 7.43. The van der Waals surface area contributed by atoms with Crippen molar-refractivity contribution < 1.29 is 4.74 Å². The van der Waals surface area contributed by atoms with E-state index >= 15 is 0 Å². The molecule has 0 aliphatic heterocycles. The zero-order chi connectivity index (χ0) is 14.5. The van der Waals surface area contributed by atoms with Gasteiger partial charge < -0.3 is 4.74 Å². The summed E-state index contributed by atoms with van der Waals surface area (Å²) < 4.78 is 5.43. The Bertz CT molecular complexity index is 599. The molecule has 2 aromatic rings. The summed E-state index contributed by atoms with van der Waals surface area (Å²) in [7, 11) is 1.74. The summed E-state index contributed by atoms with van der Waals surface area (Å²) in [5.41, 5.74) is 4.10. The minimum absolute atomic E-state index is 0.311. The van der Waals surface area contributed by atoms with Gasteiger partial charge in [0.25, 0.3) is 0 Å². The fourth-order valence-corrected chi connectivity index (χ4v) is 2.98. The Kier molecular flexibility index (Phi) is 4.20. The van der Waals surface area contributed by atoms with E-state index in [1.165, 1.54) is 16.7 Å². The Morgan fingerprint density at radius 2 is 1.43 bits per heavy atom. The molecule has 0 fully saturated rings. The zero-order valence-corrected chi connectivity index (χ0v) is 12.3. The lowest BCUT2D eigenvalue weighted by molar-refractivity contribution is 0.302. The molecule has 0 saturated heterocycles. The molecule has 0 aromatic heterocycles. The second-order valence-electron chi connectivity index (χ2n) is 5.32. The van der Waals surface area contributed by atoms with Gasteiger partial charge in [0.2, 0.25) is 0 Å². The van der Waals surface area contributed by atoms with Gasteiger partial charge >= 0.3 is 0 Å². The number of methoxy groups -OCH3 is 1. The molecule has 1 aliphatic rings. The van der Waals surface area contributed by atoms with Crippen molar-refractivity contribution in [3.05, 3.63) is 95.3 Å².